The average Bonchev–Trinajstić information content (AvgIpc) is 2.87. The number of nitrogens with zero attached hydrogens (tertiary/aromatic N) is 4. The number of hydrogen-bond acceptors (Lipinski definition) is 4. The fourth-order valence-corrected chi connectivity index (χ4v) is 4.35. The molecule has 0 saturated carbocycles. The molecule has 4 nitrogen and oxygen atoms in total. The molecule has 8 rings (SSSR count). The molecule has 0 aliphatic heterocycles. The molecular formula is C30H28N4. The molecule has 0 radical (unpaired) electrons. The highest BCUT2D eigenvalue weighted by molar-refractivity contribution is 5.99. The minimum atomic E-state index is 0.917. The summed E-state index contributed by atoms with van der Waals surface area (Å²) >= 11 is 0. The minimum absolute atomic E-state index is 0.917. The SMILES string of the molecule is CC(=Nc1cc2ccc1CCc1ccc(c(N=C(C)c3ccccn3)c1)CC2)c1ccccn1. The predicted molar refractivity (Wildman–Crippen MR) is 140 cm³/mol. The van der Waals surface area contributed by atoms with Gasteiger partial charge in [-0.05, 0) is 98.2 Å². The van der Waals surface area contributed by atoms with Crippen LogP contribution in [0, 0.1) is 0 Å². The van der Waals surface area contributed by atoms with Crippen LogP contribution >= 0.6 is 0 Å². The third-order valence-corrected chi connectivity index (χ3v) is 6.31. The van der Waals surface area contributed by atoms with Crippen molar-refractivity contribution in [3.63, 3.8) is 0 Å². The number of hydrogen-bond donors (Lipinski definition) is 0. The first-order valence-electron chi connectivity index (χ1n) is 11.8. The zero-order chi connectivity index (χ0) is 23.3. The lowest BCUT2D eigenvalue weighted by molar-refractivity contribution is 0.921. The summed E-state index contributed by atoms with van der Waals surface area (Å²) in [5, 5.41) is 0. The monoisotopic (exact) mass is 444 g/mol. The van der Waals surface area contributed by atoms with Crippen molar-refractivity contribution < 1.29 is 0 Å². The van der Waals surface area contributed by atoms with Crippen molar-refractivity contribution in [2.75, 3.05) is 0 Å². The van der Waals surface area contributed by atoms with Crippen LogP contribution in [0.15, 0.2) is 95.2 Å². The van der Waals surface area contributed by atoms with Gasteiger partial charge in [-0.15, -0.1) is 0 Å². The fourth-order valence-electron chi connectivity index (χ4n) is 4.35. The van der Waals surface area contributed by atoms with Gasteiger partial charge in [0.05, 0.1) is 34.2 Å². The van der Waals surface area contributed by atoms with Crippen LogP contribution in [-0.2, 0) is 25.7 Å². The molecule has 0 amide bonds. The number of aliphatic imine (C=N–C) groups is 2. The minimum Gasteiger partial charge on any atom is -0.255 e. The smallest absolute Gasteiger partial charge is 0.0841 e. The highest BCUT2D eigenvalue weighted by atomic mass is 14.8. The zero-order valence-corrected chi connectivity index (χ0v) is 19.7. The van der Waals surface area contributed by atoms with Gasteiger partial charge in [-0.2, -0.15) is 0 Å². The number of rotatable bonds is 4. The van der Waals surface area contributed by atoms with Crippen molar-refractivity contribution in [2.24, 2.45) is 9.98 Å². The van der Waals surface area contributed by atoms with Gasteiger partial charge in [0, 0.05) is 12.4 Å². The maximum atomic E-state index is 4.99. The summed E-state index contributed by atoms with van der Waals surface area (Å²) in [4.78, 5) is 18.9. The normalized spacial score (nSPS) is 14.1. The van der Waals surface area contributed by atoms with E-state index >= 15 is 0 Å². The van der Waals surface area contributed by atoms with Crippen molar-refractivity contribution in [3.8, 4) is 0 Å². The van der Waals surface area contributed by atoms with Crippen LogP contribution < -0.4 is 0 Å². The number of aryl methyl sites for hydroxylation is 4. The van der Waals surface area contributed by atoms with Crippen LogP contribution in [-0.4, -0.2) is 21.4 Å². The maximum absolute atomic E-state index is 4.99. The van der Waals surface area contributed by atoms with E-state index in [9.17, 15) is 0 Å². The Kier molecular flexibility index (Phi) is 6.39. The standard InChI is InChI=1S/C30H28N4/c1-21(27-7-3-5-17-31-27)33-29-19-23-9-13-25(29)15-11-24-10-14-26(16-12-23)30(20-24)34-22(2)28-8-4-6-18-32-28/h3-10,13-14,17-20H,11-12,15-16H2,1-2H3. The number of pyridine rings is 2. The maximum Gasteiger partial charge on any atom is 0.0841 e. The third-order valence-electron chi connectivity index (χ3n) is 6.31. The molecule has 2 aromatic heterocycles. The van der Waals surface area contributed by atoms with E-state index in [-0.39, 0.29) is 0 Å². The second-order valence-corrected chi connectivity index (χ2v) is 8.75. The van der Waals surface area contributed by atoms with Gasteiger partial charge in [0.2, 0.25) is 0 Å². The van der Waals surface area contributed by atoms with Crippen molar-refractivity contribution in [1.29, 1.82) is 0 Å². The molecule has 0 spiro atoms. The Labute approximate surface area is 201 Å². The molecule has 2 aromatic carbocycles. The molecule has 0 atom stereocenters. The molecule has 2 heterocycles. The summed E-state index contributed by atoms with van der Waals surface area (Å²) in [7, 11) is 0. The fraction of sp³-hybridized carbons (Fsp3) is 0.200. The van der Waals surface area contributed by atoms with Gasteiger partial charge < -0.3 is 0 Å². The Hall–Kier alpha value is -3.92. The summed E-state index contributed by atoms with van der Waals surface area (Å²) in [6.45, 7) is 4.07. The molecule has 0 N–H and O–H groups in total. The van der Waals surface area contributed by atoms with Gasteiger partial charge in [-0.1, -0.05) is 36.4 Å². The largest absolute Gasteiger partial charge is 0.255 e. The van der Waals surface area contributed by atoms with E-state index in [1.165, 1.54) is 22.3 Å². The molecule has 4 aromatic rings. The quantitative estimate of drug-likeness (QED) is 0.331. The summed E-state index contributed by atoms with van der Waals surface area (Å²) in [5.74, 6) is 0. The molecule has 4 heteroatoms. The molecule has 34 heavy (non-hydrogen) atoms. The Balaban J connectivity index is 1.47. The van der Waals surface area contributed by atoms with Gasteiger partial charge in [-0.3, -0.25) is 20.0 Å². The van der Waals surface area contributed by atoms with Gasteiger partial charge in [0.15, 0.2) is 0 Å². The van der Waals surface area contributed by atoms with E-state index in [1.807, 2.05) is 62.6 Å². The molecule has 4 aliphatic carbocycles. The van der Waals surface area contributed by atoms with E-state index < -0.39 is 0 Å². The Morgan fingerprint density at radius 3 is 1.47 bits per heavy atom. The van der Waals surface area contributed by atoms with Crippen LogP contribution in [0.4, 0.5) is 11.4 Å². The lowest BCUT2D eigenvalue weighted by Crippen LogP contribution is -2.02. The Morgan fingerprint density at radius 2 is 1.06 bits per heavy atom. The Morgan fingerprint density at radius 1 is 0.588 bits per heavy atom. The van der Waals surface area contributed by atoms with Crippen molar-refractivity contribution >= 4 is 22.8 Å². The molecular weight excluding hydrogens is 416 g/mol. The summed E-state index contributed by atoms with van der Waals surface area (Å²) in [5.41, 5.74) is 10.9. The van der Waals surface area contributed by atoms with Crippen molar-refractivity contribution in [3.05, 3.63) is 119 Å². The third kappa shape index (κ3) is 5.01. The van der Waals surface area contributed by atoms with E-state index in [0.29, 0.717) is 0 Å². The number of aromatic nitrogens is 2. The topological polar surface area (TPSA) is 50.5 Å². The van der Waals surface area contributed by atoms with Crippen LogP contribution in [0.2, 0.25) is 0 Å². The van der Waals surface area contributed by atoms with E-state index in [4.69, 9.17) is 9.98 Å². The van der Waals surface area contributed by atoms with E-state index in [1.54, 1.807) is 0 Å². The van der Waals surface area contributed by atoms with Crippen molar-refractivity contribution in [1.82, 2.24) is 9.97 Å². The van der Waals surface area contributed by atoms with Gasteiger partial charge in [-0.25, -0.2) is 0 Å². The van der Waals surface area contributed by atoms with Crippen LogP contribution in [0.3, 0.4) is 0 Å². The van der Waals surface area contributed by atoms with Crippen LogP contribution in [0.25, 0.3) is 0 Å². The average molecular weight is 445 g/mol. The Bertz CT molecular complexity index is 1250. The molecule has 0 saturated heterocycles. The summed E-state index contributed by atoms with van der Waals surface area (Å²) < 4.78 is 0. The van der Waals surface area contributed by atoms with Crippen LogP contribution in [0.1, 0.15) is 47.5 Å². The van der Waals surface area contributed by atoms with Gasteiger partial charge in [0.25, 0.3) is 0 Å². The second-order valence-electron chi connectivity index (χ2n) is 8.75. The van der Waals surface area contributed by atoms with E-state index in [0.717, 1.165) is 59.9 Å². The lowest BCUT2D eigenvalue weighted by Gasteiger charge is -2.15. The highest BCUT2D eigenvalue weighted by Crippen LogP contribution is 2.29. The highest BCUT2D eigenvalue weighted by Gasteiger charge is 2.12. The molecule has 4 aliphatic rings. The lowest BCUT2D eigenvalue weighted by atomic mass is 9.94. The molecule has 0 fully saturated rings. The van der Waals surface area contributed by atoms with E-state index in [2.05, 4.69) is 46.4 Å². The molecule has 168 valence electrons. The molecule has 4 bridgehead atoms. The van der Waals surface area contributed by atoms with Gasteiger partial charge in [0.1, 0.15) is 0 Å². The zero-order valence-electron chi connectivity index (χ0n) is 19.7. The first-order valence-corrected chi connectivity index (χ1v) is 11.8. The predicted octanol–water partition coefficient (Wildman–Crippen LogP) is 6.64. The van der Waals surface area contributed by atoms with Gasteiger partial charge >= 0.3 is 0 Å². The number of benzene rings is 2. The first-order chi connectivity index (χ1) is 16.7. The first kappa shape index (κ1) is 21.9. The summed E-state index contributed by atoms with van der Waals surface area (Å²) in [6.07, 6.45) is 7.37. The second kappa shape index (κ2) is 9.92. The van der Waals surface area contributed by atoms with Crippen molar-refractivity contribution in [2.45, 2.75) is 39.5 Å². The summed E-state index contributed by atoms with van der Waals surface area (Å²) in [6, 6.07) is 25.4. The van der Waals surface area contributed by atoms with Crippen LogP contribution in [0.5, 0.6) is 0 Å². The molecule has 0 unspecified atom stereocenters.